The molecule has 1 unspecified atom stereocenters. The maximum Gasteiger partial charge on any atom is 0.247 e. The lowest BCUT2D eigenvalue weighted by Gasteiger charge is -2.30. The molecule has 150 valence electrons. The van der Waals surface area contributed by atoms with Gasteiger partial charge in [0, 0.05) is 36.9 Å². The monoisotopic (exact) mass is 388 g/mol. The van der Waals surface area contributed by atoms with Crippen LogP contribution in [0.5, 0.6) is 0 Å². The van der Waals surface area contributed by atoms with Crippen molar-refractivity contribution in [3.8, 4) is 0 Å². The first-order valence-electron chi connectivity index (χ1n) is 9.77. The highest BCUT2D eigenvalue weighted by atomic mass is 16.2. The number of carbonyl (C=O) groups is 1. The summed E-state index contributed by atoms with van der Waals surface area (Å²) in [6.45, 7) is 6.95. The number of benzene rings is 1. The van der Waals surface area contributed by atoms with Crippen molar-refractivity contribution in [2.24, 2.45) is 0 Å². The largest absolute Gasteiger partial charge is 0.359 e. The second kappa shape index (κ2) is 8.86. The number of anilines is 1. The van der Waals surface area contributed by atoms with E-state index in [1.807, 2.05) is 42.3 Å². The van der Waals surface area contributed by atoms with Gasteiger partial charge in [-0.05, 0) is 41.3 Å². The third-order valence-corrected chi connectivity index (χ3v) is 4.95. The first-order valence-corrected chi connectivity index (χ1v) is 9.77. The number of carbonyl (C=O) groups excluding carboxylic acids is 1. The molecule has 0 bridgehead atoms. The van der Waals surface area contributed by atoms with Crippen molar-refractivity contribution in [2.45, 2.75) is 38.8 Å². The molecular formula is C24H28N4O. The van der Waals surface area contributed by atoms with Gasteiger partial charge in [0.15, 0.2) is 0 Å². The molecular weight excluding hydrogens is 360 g/mol. The zero-order valence-corrected chi connectivity index (χ0v) is 17.5. The van der Waals surface area contributed by atoms with E-state index in [9.17, 15) is 4.79 Å². The fourth-order valence-electron chi connectivity index (χ4n) is 3.21. The molecule has 29 heavy (non-hydrogen) atoms. The molecule has 0 fully saturated rings. The SMILES string of the molecule is CN(c1ccc(C(C)(C)C)cc1)C(C(=O)NCc1ccccn1)c1cccnc1. The van der Waals surface area contributed by atoms with Gasteiger partial charge in [-0.3, -0.25) is 14.8 Å². The fraction of sp³-hybridized carbons (Fsp3) is 0.292. The molecule has 0 aliphatic carbocycles. The van der Waals surface area contributed by atoms with Crippen LogP contribution in [0, 0.1) is 0 Å². The summed E-state index contributed by atoms with van der Waals surface area (Å²) in [6.07, 6.45) is 5.18. The Morgan fingerprint density at radius 3 is 2.38 bits per heavy atom. The van der Waals surface area contributed by atoms with Crippen molar-refractivity contribution in [3.05, 3.63) is 90.0 Å². The second-order valence-electron chi connectivity index (χ2n) is 8.14. The van der Waals surface area contributed by atoms with Crippen LogP contribution in [-0.2, 0) is 16.8 Å². The van der Waals surface area contributed by atoms with E-state index in [0.717, 1.165) is 16.9 Å². The van der Waals surface area contributed by atoms with Gasteiger partial charge in [-0.2, -0.15) is 0 Å². The van der Waals surface area contributed by atoms with Crippen molar-refractivity contribution in [2.75, 3.05) is 11.9 Å². The molecule has 3 aromatic rings. The van der Waals surface area contributed by atoms with Crippen molar-refractivity contribution >= 4 is 11.6 Å². The van der Waals surface area contributed by atoms with E-state index in [4.69, 9.17) is 0 Å². The molecule has 1 N–H and O–H groups in total. The summed E-state index contributed by atoms with van der Waals surface area (Å²) in [7, 11) is 1.93. The van der Waals surface area contributed by atoms with Crippen molar-refractivity contribution in [3.63, 3.8) is 0 Å². The molecule has 5 nitrogen and oxygen atoms in total. The highest BCUT2D eigenvalue weighted by molar-refractivity contribution is 5.86. The first kappa shape index (κ1) is 20.5. The summed E-state index contributed by atoms with van der Waals surface area (Å²) >= 11 is 0. The summed E-state index contributed by atoms with van der Waals surface area (Å²) in [5, 5.41) is 3.01. The number of amides is 1. The van der Waals surface area contributed by atoms with Crippen molar-refractivity contribution in [1.82, 2.24) is 15.3 Å². The number of aromatic nitrogens is 2. The number of hydrogen-bond donors (Lipinski definition) is 1. The van der Waals surface area contributed by atoms with E-state index >= 15 is 0 Å². The highest BCUT2D eigenvalue weighted by Crippen LogP contribution is 2.29. The van der Waals surface area contributed by atoms with Gasteiger partial charge in [0.05, 0.1) is 12.2 Å². The average molecular weight is 389 g/mol. The molecule has 0 saturated carbocycles. The number of hydrogen-bond acceptors (Lipinski definition) is 4. The number of nitrogens with zero attached hydrogens (tertiary/aromatic N) is 3. The van der Waals surface area contributed by atoms with Crippen molar-refractivity contribution < 1.29 is 4.79 Å². The quantitative estimate of drug-likeness (QED) is 0.685. The Kier molecular flexibility index (Phi) is 6.27. The van der Waals surface area contributed by atoms with Gasteiger partial charge in [-0.25, -0.2) is 0 Å². The van der Waals surface area contributed by atoms with Gasteiger partial charge in [0.25, 0.3) is 0 Å². The van der Waals surface area contributed by atoms with Gasteiger partial charge in [-0.1, -0.05) is 45.0 Å². The molecule has 1 amide bonds. The molecule has 0 aliphatic rings. The smallest absolute Gasteiger partial charge is 0.247 e. The average Bonchev–Trinajstić information content (AvgIpc) is 2.73. The Hall–Kier alpha value is -3.21. The Labute approximate surface area is 172 Å². The summed E-state index contributed by atoms with van der Waals surface area (Å²) in [5.41, 5.74) is 3.98. The van der Waals surface area contributed by atoms with E-state index in [1.54, 1.807) is 18.6 Å². The Bertz CT molecular complexity index is 919. The van der Waals surface area contributed by atoms with E-state index < -0.39 is 6.04 Å². The molecule has 1 atom stereocenters. The van der Waals surface area contributed by atoms with E-state index in [-0.39, 0.29) is 11.3 Å². The van der Waals surface area contributed by atoms with Crippen LogP contribution in [0.3, 0.4) is 0 Å². The lowest BCUT2D eigenvalue weighted by Crippen LogP contribution is -2.38. The van der Waals surface area contributed by atoms with Gasteiger partial charge in [0.1, 0.15) is 6.04 Å². The summed E-state index contributed by atoms with van der Waals surface area (Å²) in [5.74, 6) is -0.0916. The maximum absolute atomic E-state index is 13.1. The zero-order chi connectivity index (χ0) is 20.9. The number of pyridine rings is 2. The van der Waals surface area contributed by atoms with Gasteiger partial charge >= 0.3 is 0 Å². The molecule has 0 spiro atoms. The lowest BCUT2D eigenvalue weighted by atomic mass is 9.87. The predicted octanol–water partition coefficient (Wildman–Crippen LogP) is 4.27. The summed E-state index contributed by atoms with van der Waals surface area (Å²) in [6, 6.07) is 17.3. The van der Waals surface area contributed by atoms with Crippen molar-refractivity contribution in [1.29, 1.82) is 0 Å². The third-order valence-electron chi connectivity index (χ3n) is 4.95. The summed E-state index contributed by atoms with van der Waals surface area (Å²) in [4.78, 5) is 23.6. The number of rotatable bonds is 6. The van der Waals surface area contributed by atoms with Crippen LogP contribution in [0.2, 0.25) is 0 Å². The molecule has 3 rings (SSSR count). The van der Waals surface area contributed by atoms with Crippen LogP contribution < -0.4 is 10.2 Å². The van der Waals surface area contributed by atoms with E-state index in [2.05, 4.69) is 60.3 Å². The molecule has 1 aromatic carbocycles. The minimum absolute atomic E-state index is 0.0832. The van der Waals surface area contributed by atoms with Gasteiger partial charge in [-0.15, -0.1) is 0 Å². The fourth-order valence-corrected chi connectivity index (χ4v) is 3.21. The normalized spacial score (nSPS) is 12.3. The standard InChI is InChI=1S/C24H28N4O/c1-24(2,3)19-10-12-21(13-11-19)28(4)22(18-8-7-14-25-16-18)23(29)27-17-20-9-5-6-15-26-20/h5-16,22H,17H2,1-4H3,(H,27,29). The van der Waals surface area contributed by atoms with Gasteiger partial charge < -0.3 is 10.2 Å². The minimum atomic E-state index is -0.493. The minimum Gasteiger partial charge on any atom is -0.359 e. The lowest BCUT2D eigenvalue weighted by molar-refractivity contribution is -0.122. The van der Waals surface area contributed by atoms with E-state index in [0.29, 0.717) is 6.54 Å². The molecule has 2 heterocycles. The summed E-state index contributed by atoms with van der Waals surface area (Å²) < 4.78 is 0. The van der Waals surface area contributed by atoms with Crippen LogP contribution in [0.15, 0.2) is 73.2 Å². The molecule has 5 heteroatoms. The topological polar surface area (TPSA) is 58.1 Å². The van der Waals surface area contributed by atoms with Crippen LogP contribution in [0.25, 0.3) is 0 Å². The zero-order valence-electron chi connectivity index (χ0n) is 17.5. The highest BCUT2D eigenvalue weighted by Gasteiger charge is 2.26. The number of nitrogens with one attached hydrogen (secondary N) is 1. The molecule has 0 saturated heterocycles. The van der Waals surface area contributed by atoms with Crippen LogP contribution in [0.4, 0.5) is 5.69 Å². The Morgan fingerprint density at radius 1 is 1.03 bits per heavy atom. The predicted molar refractivity (Wildman–Crippen MR) is 117 cm³/mol. The molecule has 0 radical (unpaired) electrons. The van der Waals surface area contributed by atoms with Crippen LogP contribution in [-0.4, -0.2) is 22.9 Å². The Morgan fingerprint density at radius 2 is 1.79 bits per heavy atom. The molecule has 2 aromatic heterocycles. The van der Waals surface area contributed by atoms with E-state index in [1.165, 1.54) is 5.56 Å². The number of likely N-dealkylation sites (N-methyl/N-ethyl adjacent to an activating group) is 1. The van der Waals surface area contributed by atoms with Crippen LogP contribution >= 0.6 is 0 Å². The molecule has 0 aliphatic heterocycles. The second-order valence-corrected chi connectivity index (χ2v) is 8.14. The van der Waals surface area contributed by atoms with Gasteiger partial charge in [0.2, 0.25) is 5.91 Å². The first-order chi connectivity index (χ1) is 13.9. The van der Waals surface area contributed by atoms with Crippen LogP contribution in [0.1, 0.15) is 43.6 Å². The maximum atomic E-state index is 13.1. The Balaban J connectivity index is 1.84. The third kappa shape index (κ3) is 5.19.